The summed E-state index contributed by atoms with van der Waals surface area (Å²) in [6.07, 6.45) is 2.54. The summed E-state index contributed by atoms with van der Waals surface area (Å²) in [4.78, 5) is 4.87. The van der Waals surface area contributed by atoms with Gasteiger partial charge in [0.15, 0.2) is 5.84 Å². The van der Waals surface area contributed by atoms with Crippen LogP contribution in [0.15, 0.2) is 23.4 Å². The summed E-state index contributed by atoms with van der Waals surface area (Å²) in [5.41, 5.74) is 7.48. The zero-order chi connectivity index (χ0) is 14.1. The van der Waals surface area contributed by atoms with E-state index in [2.05, 4.69) is 15.0 Å². The van der Waals surface area contributed by atoms with Gasteiger partial charge in [0.1, 0.15) is 0 Å². The molecule has 0 bridgehead atoms. The molecule has 3 rings (SSSR count). The Balaban J connectivity index is 1.90. The first-order valence-corrected chi connectivity index (χ1v) is 7.33. The minimum atomic E-state index is 0.108. The summed E-state index contributed by atoms with van der Waals surface area (Å²) < 4.78 is 0. The van der Waals surface area contributed by atoms with Gasteiger partial charge < -0.3 is 15.8 Å². The SMILES string of the molecule is N/C(=N/O)c1cc(Cl)ccc1N1CCN2CCCC2C1. The lowest BCUT2D eigenvalue weighted by Gasteiger charge is -2.39. The van der Waals surface area contributed by atoms with Gasteiger partial charge in [0.2, 0.25) is 0 Å². The second-order valence-electron chi connectivity index (χ2n) is 5.42. The Kier molecular flexibility index (Phi) is 3.72. The number of hydrogen-bond acceptors (Lipinski definition) is 4. The van der Waals surface area contributed by atoms with E-state index in [0.717, 1.165) is 25.3 Å². The van der Waals surface area contributed by atoms with Gasteiger partial charge in [-0.1, -0.05) is 16.8 Å². The molecule has 2 heterocycles. The van der Waals surface area contributed by atoms with Gasteiger partial charge in [-0.3, -0.25) is 4.90 Å². The van der Waals surface area contributed by atoms with Crippen molar-refractivity contribution in [3.05, 3.63) is 28.8 Å². The van der Waals surface area contributed by atoms with E-state index in [1.807, 2.05) is 12.1 Å². The number of fused-ring (bicyclic) bond motifs is 1. The van der Waals surface area contributed by atoms with E-state index >= 15 is 0 Å². The fourth-order valence-electron chi connectivity index (χ4n) is 3.25. The van der Waals surface area contributed by atoms with Gasteiger partial charge in [0.25, 0.3) is 0 Å². The smallest absolute Gasteiger partial charge is 0.172 e. The van der Waals surface area contributed by atoms with E-state index < -0.39 is 0 Å². The van der Waals surface area contributed by atoms with Crippen molar-refractivity contribution in [3.8, 4) is 0 Å². The highest BCUT2D eigenvalue weighted by Gasteiger charge is 2.31. The Labute approximate surface area is 123 Å². The van der Waals surface area contributed by atoms with Crippen LogP contribution >= 0.6 is 11.6 Å². The molecule has 2 saturated heterocycles. The van der Waals surface area contributed by atoms with Crippen LogP contribution in [0, 0.1) is 0 Å². The van der Waals surface area contributed by atoms with Gasteiger partial charge in [-0.05, 0) is 37.6 Å². The number of nitrogens with zero attached hydrogens (tertiary/aromatic N) is 3. The third kappa shape index (κ3) is 2.43. The monoisotopic (exact) mass is 294 g/mol. The van der Waals surface area contributed by atoms with Crippen molar-refractivity contribution in [3.63, 3.8) is 0 Å². The number of rotatable bonds is 2. The molecule has 3 N–H and O–H groups in total. The molecule has 0 aliphatic carbocycles. The van der Waals surface area contributed by atoms with Gasteiger partial charge in [-0.25, -0.2) is 0 Å². The molecule has 0 aromatic heterocycles. The van der Waals surface area contributed by atoms with Crippen molar-refractivity contribution >= 4 is 23.1 Å². The molecule has 0 amide bonds. The maximum absolute atomic E-state index is 8.95. The lowest BCUT2D eigenvalue weighted by Crippen LogP contribution is -2.50. The molecular formula is C14H19ClN4O. The summed E-state index contributed by atoms with van der Waals surface area (Å²) in [5, 5.41) is 12.7. The number of piperazine rings is 1. The normalized spacial score (nSPS) is 23.9. The summed E-state index contributed by atoms with van der Waals surface area (Å²) in [6, 6.07) is 6.19. The lowest BCUT2D eigenvalue weighted by atomic mass is 10.1. The largest absolute Gasteiger partial charge is 0.409 e. The number of hydrogen-bond donors (Lipinski definition) is 2. The molecule has 20 heavy (non-hydrogen) atoms. The van der Waals surface area contributed by atoms with Crippen LogP contribution in [0.4, 0.5) is 5.69 Å². The summed E-state index contributed by atoms with van der Waals surface area (Å²) in [5.74, 6) is 0.108. The van der Waals surface area contributed by atoms with Crippen molar-refractivity contribution in [2.45, 2.75) is 18.9 Å². The molecule has 0 spiro atoms. The molecule has 0 radical (unpaired) electrons. The topological polar surface area (TPSA) is 65.1 Å². The quantitative estimate of drug-likeness (QED) is 0.377. The zero-order valence-electron chi connectivity index (χ0n) is 11.3. The van der Waals surface area contributed by atoms with Gasteiger partial charge in [-0.2, -0.15) is 0 Å². The molecule has 1 unspecified atom stereocenters. The van der Waals surface area contributed by atoms with E-state index in [0.29, 0.717) is 16.6 Å². The van der Waals surface area contributed by atoms with Crippen LogP contribution in [0.1, 0.15) is 18.4 Å². The number of oxime groups is 1. The van der Waals surface area contributed by atoms with Crippen LogP contribution in [0.3, 0.4) is 0 Å². The van der Waals surface area contributed by atoms with E-state index in [-0.39, 0.29) is 5.84 Å². The Bertz CT molecular complexity index is 534. The van der Waals surface area contributed by atoms with E-state index in [4.69, 9.17) is 22.5 Å². The molecule has 1 aromatic rings. The molecule has 1 aromatic carbocycles. The Hall–Kier alpha value is -1.46. The molecule has 2 fully saturated rings. The number of benzene rings is 1. The van der Waals surface area contributed by atoms with Gasteiger partial charge in [0.05, 0.1) is 0 Å². The maximum atomic E-state index is 8.95. The summed E-state index contributed by atoms with van der Waals surface area (Å²) in [7, 11) is 0. The minimum absolute atomic E-state index is 0.108. The van der Waals surface area contributed by atoms with Crippen LogP contribution in [0.25, 0.3) is 0 Å². The standard InChI is InChI=1S/C14H19ClN4O/c15-10-3-4-13(12(8-10)14(16)17-20)19-7-6-18-5-1-2-11(18)9-19/h3-4,8,11,20H,1-2,5-7,9H2,(H2,16,17). The van der Waals surface area contributed by atoms with Gasteiger partial charge >= 0.3 is 0 Å². The molecule has 2 aliphatic heterocycles. The van der Waals surface area contributed by atoms with Crippen LogP contribution < -0.4 is 10.6 Å². The highest BCUT2D eigenvalue weighted by atomic mass is 35.5. The van der Waals surface area contributed by atoms with Crippen molar-refractivity contribution < 1.29 is 5.21 Å². The van der Waals surface area contributed by atoms with E-state index in [9.17, 15) is 0 Å². The third-order valence-corrected chi connectivity index (χ3v) is 4.51. The zero-order valence-corrected chi connectivity index (χ0v) is 12.1. The number of halogens is 1. The average molecular weight is 295 g/mol. The summed E-state index contributed by atoms with van der Waals surface area (Å²) >= 11 is 6.03. The first-order chi connectivity index (χ1) is 9.69. The second-order valence-corrected chi connectivity index (χ2v) is 5.86. The Morgan fingerprint density at radius 1 is 1.35 bits per heavy atom. The molecular weight excluding hydrogens is 276 g/mol. The first kappa shape index (κ1) is 13.5. The molecule has 1 atom stereocenters. The minimum Gasteiger partial charge on any atom is -0.409 e. The fraction of sp³-hybridized carbons (Fsp3) is 0.500. The van der Waals surface area contributed by atoms with Crippen LogP contribution in [-0.4, -0.2) is 48.2 Å². The molecule has 108 valence electrons. The number of anilines is 1. The van der Waals surface area contributed by atoms with Crippen LogP contribution in [0.2, 0.25) is 5.02 Å². The maximum Gasteiger partial charge on any atom is 0.172 e. The predicted octanol–water partition coefficient (Wildman–Crippen LogP) is 1.72. The molecule has 5 nitrogen and oxygen atoms in total. The van der Waals surface area contributed by atoms with E-state index in [1.54, 1.807) is 6.07 Å². The van der Waals surface area contributed by atoms with E-state index in [1.165, 1.54) is 19.4 Å². The van der Waals surface area contributed by atoms with Crippen LogP contribution in [-0.2, 0) is 0 Å². The number of amidine groups is 1. The van der Waals surface area contributed by atoms with Crippen molar-refractivity contribution in [2.75, 3.05) is 31.1 Å². The predicted molar refractivity (Wildman–Crippen MR) is 80.8 cm³/mol. The lowest BCUT2D eigenvalue weighted by molar-refractivity contribution is 0.231. The van der Waals surface area contributed by atoms with Crippen molar-refractivity contribution in [1.82, 2.24) is 4.90 Å². The molecule has 2 aliphatic rings. The van der Waals surface area contributed by atoms with Gasteiger partial charge in [0, 0.05) is 41.9 Å². The second kappa shape index (κ2) is 5.50. The van der Waals surface area contributed by atoms with Crippen LogP contribution in [0.5, 0.6) is 0 Å². The first-order valence-electron chi connectivity index (χ1n) is 6.95. The highest BCUT2D eigenvalue weighted by molar-refractivity contribution is 6.31. The Morgan fingerprint density at radius 2 is 2.20 bits per heavy atom. The summed E-state index contributed by atoms with van der Waals surface area (Å²) in [6.45, 7) is 4.24. The average Bonchev–Trinajstić information content (AvgIpc) is 2.93. The fourth-order valence-corrected chi connectivity index (χ4v) is 3.43. The number of nitrogens with two attached hydrogens (primary N) is 1. The highest BCUT2D eigenvalue weighted by Crippen LogP contribution is 2.29. The van der Waals surface area contributed by atoms with Crippen molar-refractivity contribution in [1.29, 1.82) is 0 Å². The molecule has 0 saturated carbocycles. The third-order valence-electron chi connectivity index (χ3n) is 4.27. The molecule has 6 heteroatoms. The van der Waals surface area contributed by atoms with Gasteiger partial charge in [-0.15, -0.1) is 0 Å². The van der Waals surface area contributed by atoms with Crippen molar-refractivity contribution in [2.24, 2.45) is 10.9 Å². The Morgan fingerprint density at radius 3 is 3.00 bits per heavy atom.